The summed E-state index contributed by atoms with van der Waals surface area (Å²) in [6.45, 7) is 4.45. The first-order valence-electron chi connectivity index (χ1n) is 10.0. The SMILES string of the molecule is CCCCCOc1ccc(/C=N/NC(=O)C(C)Oc2cccc(OC)c2)cc1OC. The first kappa shape index (κ1) is 23.1. The molecule has 1 amide bonds. The van der Waals surface area contributed by atoms with Crippen molar-refractivity contribution in [1.82, 2.24) is 5.43 Å². The summed E-state index contributed by atoms with van der Waals surface area (Å²) in [6.07, 6.45) is 4.10. The molecule has 2 aromatic carbocycles. The molecule has 0 spiro atoms. The second kappa shape index (κ2) is 12.4. The summed E-state index contributed by atoms with van der Waals surface area (Å²) in [5.41, 5.74) is 3.25. The summed E-state index contributed by atoms with van der Waals surface area (Å²) in [5, 5.41) is 4.00. The summed E-state index contributed by atoms with van der Waals surface area (Å²) >= 11 is 0. The molecular formula is C23H30N2O5. The van der Waals surface area contributed by atoms with Crippen LogP contribution in [0.1, 0.15) is 38.7 Å². The Bertz CT molecular complexity index is 838. The van der Waals surface area contributed by atoms with E-state index in [0.717, 1.165) is 24.8 Å². The van der Waals surface area contributed by atoms with Crippen molar-refractivity contribution in [3.8, 4) is 23.0 Å². The fraction of sp³-hybridized carbons (Fsp3) is 0.391. The number of nitrogens with zero attached hydrogens (tertiary/aromatic N) is 1. The highest BCUT2D eigenvalue weighted by atomic mass is 16.5. The van der Waals surface area contributed by atoms with Crippen molar-refractivity contribution in [1.29, 1.82) is 0 Å². The molecular weight excluding hydrogens is 384 g/mol. The van der Waals surface area contributed by atoms with E-state index < -0.39 is 6.10 Å². The Morgan fingerprint density at radius 3 is 2.60 bits per heavy atom. The summed E-state index contributed by atoms with van der Waals surface area (Å²) in [4.78, 5) is 12.2. The number of carbonyl (C=O) groups is 1. The Labute approximate surface area is 178 Å². The molecule has 0 heterocycles. The van der Waals surface area contributed by atoms with Crippen LogP contribution in [0.15, 0.2) is 47.6 Å². The van der Waals surface area contributed by atoms with E-state index in [1.807, 2.05) is 12.1 Å². The zero-order valence-electron chi connectivity index (χ0n) is 18.0. The molecule has 2 rings (SSSR count). The molecule has 1 N–H and O–H groups in total. The molecule has 0 aliphatic rings. The Balaban J connectivity index is 1.89. The molecule has 2 aromatic rings. The Kier molecular flexibility index (Phi) is 9.51. The van der Waals surface area contributed by atoms with Crippen LogP contribution in [0.5, 0.6) is 23.0 Å². The molecule has 0 bridgehead atoms. The highest BCUT2D eigenvalue weighted by Gasteiger charge is 2.14. The average Bonchev–Trinajstić information content (AvgIpc) is 2.77. The average molecular weight is 415 g/mol. The Morgan fingerprint density at radius 2 is 1.87 bits per heavy atom. The number of unbranched alkanes of at least 4 members (excludes halogenated alkanes) is 2. The van der Waals surface area contributed by atoms with Crippen molar-refractivity contribution < 1.29 is 23.7 Å². The number of carbonyl (C=O) groups excluding carboxylic acids is 1. The van der Waals surface area contributed by atoms with Crippen molar-refractivity contribution >= 4 is 12.1 Å². The molecule has 0 fully saturated rings. The van der Waals surface area contributed by atoms with Crippen LogP contribution < -0.4 is 24.4 Å². The van der Waals surface area contributed by atoms with E-state index in [1.165, 1.54) is 0 Å². The van der Waals surface area contributed by atoms with E-state index in [2.05, 4.69) is 17.5 Å². The van der Waals surface area contributed by atoms with Gasteiger partial charge in [0.15, 0.2) is 17.6 Å². The normalized spacial score (nSPS) is 11.7. The molecule has 0 radical (unpaired) electrons. The number of amides is 1. The van der Waals surface area contributed by atoms with Gasteiger partial charge in [-0.05, 0) is 49.2 Å². The van der Waals surface area contributed by atoms with Crippen molar-refractivity contribution in [2.45, 2.75) is 39.2 Å². The Hall–Kier alpha value is -3.22. The number of ether oxygens (including phenoxy) is 4. The van der Waals surface area contributed by atoms with Crippen molar-refractivity contribution in [3.05, 3.63) is 48.0 Å². The lowest BCUT2D eigenvalue weighted by atomic mass is 10.2. The zero-order valence-corrected chi connectivity index (χ0v) is 18.0. The number of benzene rings is 2. The second-order valence-electron chi connectivity index (χ2n) is 6.64. The van der Waals surface area contributed by atoms with Gasteiger partial charge in [0.1, 0.15) is 11.5 Å². The monoisotopic (exact) mass is 414 g/mol. The van der Waals surface area contributed by atoms with Gasteiger partial charge in [-0.2, -0.15) is 5.10 Å². The minimum atomic E-state index is -0.720. The van der Waals surface area contributed by atoms with E-state index in [9.17, 15) is 4.79 Å². The lowest BCUT2D eigenvalue weighted by molar-refractivity contribution is -0.127. The zero-order chi connectivity index (χ0) is 21.8. The maximum absolute atomic E-state index is 12.2. The summed E-state index contributed by atoms with van der Waals surface area (Å²) in [5.74, 6) is 2.15. The van der Waals surface area contributed by atoms with Gasteiger partial charge in [0.25, 0.3) is 5.91 Å². The minimum absolute atomic E-state index is 0.364. The number of hydrazone groups is 1. The highest BCUT2D eigenvalue weighted by Crippen LogP contribution is 2.27. The predicted molar refractivity (Wildman–Crippen MR) is 117 cm³/mol. The molecule has 0 aromatic heterocycles. The standard InChI is InChI=1S/C23H30N2O5/c1-5-6-7-13-29-21-12-11-18(14-22(21)28-4)16-24-25-23(26)17(2)30-20-10-8-9-19(15-20)27-3/h8-12,14-17H,5-7,13H2,1-4H3,(H,25,26)/b24-16+. The van der Waals surface area contributed by atoms with Gasteiger partial charge in [-0.3, -0.25) is 4.79 Å². The van der Waals surface area contributed by atoms with Crippen LogP contribution >= 0.6 is 0 Å². The van der Waals surface area contributed by atoms with Crippen LogP contribution in [0.2, 0.25) is 0 Å². The van der Waals surface area contributed by atoms with Gasteiger partial charge in [0.2, 0.25) is 0 Å². The van der Waals surface area contributed by atoms with Crippen LogP contribution in [0, 0.1) is 0 Å². The quantitative estimate of drug-likeness (QED) is 0.320. The molecule has 30 heavy (non-hydrogen) atoms. The second-order valence-corrected chi connectivity index (χ2v) is 6.64. The van der Waals surface area contributed by atoms with Crippen LogP contribution in [0.4, 0.5) is 0 Å². The molecule has 162 valence electrons. The molecule has 1 atom stereocenters. The van der Waals surface area contributed by atoms with Crippen LogP contribution in [-0.2, 0) is 4.79 Å². The lowest BCUT2D eigenvalue weighted by Crippen LogP contribution is -2.33. The van der Waals surface area contributed by atoms with Gasteiger partial charge in [-0.15, -0.1) is 0 Å². The summed E-state index contributed by atoms with van der Waals surface area (Å²) < 4.78 is 21.9. The first-order chi connectivity index (χ1) is 14.6. The number of rotatable bonds is 12. The summed E-state index contributed by atoms with van der Waals surface area (Å²) in [6, 6.07) is 12.6. The molecule has 0 saturated heterocycles. The molecule has 7 heteroatoms. The van der Waals surface area contributed by atoms with Gasteiger partial charge in [-0.1, -0.05) is 25.8 Å². The maximum atomic E-state index is 12.2. The molecule has 1 unspecified atom stereocenters. The fourth-order valence-corrected chi connectivity index (χ4v) is 2.61. The third-order valence-corrected chi connectivity index (χ3v) is 4.30. The number of hydrogen-bond donors (Lipinski definition) is 1. The lowest BCUT2D eigenvalue weighted by Gasteiger charge is -2.13. The van der Waals surface area contributed by atoms with E-state index in [1.54, 1.807) is 57.7 Å². The van der Waals surface area contributed by atoms with Crippen LogP contribution in [0.3, 0.4) is 0 Å². The van der Waals surface area contributed by atoms with Gasteiger partial charge in [0.05, 0.1) is 27.0 Å². The van der Waals surface area contributed by atoms with E-state index in [-0.39, 0.29) is 5.91 Å². The third kappa shape index (κ3) is 7.31. The van der Waals surface area contributed by atoms with Gasteiger partial charge >= 0.3 is 0 Å². The number of methoxy groups -OCH3 is 2. The summed E-state index contributed by atoms with van der Waals surface area (Å²) in [7, 11) is 3.17. The number of nitrogens with one attached hydrogen (secondary N) is 1. The first-order valence-corrected chi connectivity index (χ1v) is 10.0. The van der Waals surface area contributed by atoms with Gasteiger partial charge in [0, 0.05) is 6.07 Å². The maximum Gasteiger partial charge on any atom is 0.280 e. The van der Waals surface area contributed by atoms with Gasteiger partial charge < -0.3 is 18.9 Å². The third-order valence-electron chi connectivity index (χ3n) is 4.30. The van der Waals surface area contributed by atoms with E-state index >= 15 is 0 Å². The molecule has 0 aliphatic carbocycles. The molecule has 0 saturated carbocycles. The largest absolute Gasteiger partial charge is 0.497 e. The van der Waals surface area contributed by atoms with Crippen LogP contribution in [-0.4, -0.2) is 39.1 Å². The van der Waals surface area contributed by atoms with Crippen LogP contribution in [0.25, 0.3) is 0 Å². The Morgan fingerprint density at radius 1 is 1.07 bits per heavy atom. The topological polar surface area (TPSA) is 78.4 Å². The van der Waals surface area contributed by atoms with Crippen molar-refractivity contribution in [2.75, 3.05) is 20.8 Å². The van der Waals surface area contributed by atoms with Crippen molar-refractivity contribution in [2.24, 2.45) is 5.10 Å². The minimum Gasteiger partial charge on any atom is -0.497 e. The van der Waals surface area contributed by atoms with Crippen molar-refractivity contribution in [3.63, 3.8) is 0 Å². The smallest absolute Gasteiger partial charge is 0.280 e. The van der Waals surface area contributed by atoms with E-state index in [4.69, 9.17) is 18.9 Å². The fourth-order valence-electron chi connectivity index (χ4n) is 2.61. The molecule has 7 nitrogen and oxygen atoms in total. The highest BCUT2D eigenvalue weighted by molar-refractivity contribution is 5.84. The van der Waals surface area contributed by atoms with E-state index in [0.29, 0.717) is 29.6 Å². The van der Waals surface area contributed by atoms with Gasteiger partial charge in [-0.25, -0.2) is 5.43 Å². The molecule has 0 aliphatic heterocycles. The predicted octanol–water partition coefficient (Wildman–Crippen LogP) is 4.19. The number of hydrogen-bond acceptors (Lipinski definition) is 6.